The van der Waals surface area contributed by atoms with Crippen molar-refractivity contribution in [3.63, 3.8) is 0 Å². The van der Waals surface area contributed by atoms with Gasteiger partial charge in [0, 0.05) is 13.1 Å². The van der Waals surface area contributed by atoms with E-state index >= 15 is 0 Å². The summed E-state index contributed by atoms with van der Waals surface area (Å²) in [6.07, 6.45) is 4.02. The highest BCUT2D eigenvalue weighted by atomic mass is 16.6. The molecule has 0 radical (unpaired) electrons. The molecule has 0 aromatic rings. The molecule has 8 heteroatoms. The summed E-state index contributed by atoms with van der Waals surface area (Å²) in [6.45, 7) is 0.282. The molecule has 0 heterocycles. The Kier molecular flexibility index (Phi) is 7.40. The third-order valence-corrected chi connectivity index (χ3v) is 5.69. The predicted octanol–water partition coefficient (Wildman–Crippen LogP) is 0.118. The minimum atomic E-state index is -2.01. The molecule has 26 heavy (non-hydrogen) atoms. The summed E-state index contributed by atoms with van der Waals surface area (Å²) in [6, 6.07) is 0. The molecule has 0 aliphatic heterocycles. The fourth-order valence-corrected chi connectivity index (χ4v) is 3.89. The van der Waals surface area contributed by atoms with Gasteiger partial charge in [0.15, 0.2) is 12.2 Å². The van der Waals surface area contributed by atoms with Crippen LogP contribution in [0.2, 0.25) is 0 Å². The zero-order valence-electron chi connectivity index (χ0n) is 15.3. The second kappa shape index (κ2) is 9.12. The minimum Gasteiger partial charge on any atom is -0.456 e. The lowest BCUT2D eigenvalue weighted by molar-refractivity contribution is -0.192. The third kappa shape index (κ3) is 4.94. The van der Waals surface area contributed by atoms with Crippen molar-refractivity contribution < 1.29 is 29.3 Å². The lowest BCUT2D eigenvalue weighted by Crippen LogP contribution is -2.52. The maximum Gasteiger partial charge on any atom is 0.338 e. The first-order valence-electron chi connectivity index (χ1n) is 9.59. The molecule has 2 aliphatic carbocycles. The van der Waals surface area contributed by atoms with Gasteiger partial charge in [-0.15, -0.1) is 0 Å². The van der Waals surface area contributed by atoms with Gasteiger partial charge in [0.05, 0.1) is 0 Å². The summed E-state index contributed by atoms with van der Waals surface area (Å²) in [5.74, 6) is -2.10. The van der Waals surface area contributed by atoms with Gasteiger partial charge in [0.25, 0.3) is 0 Å². The highest BCUT2D eigenvalue weighted by Crippen LogP contribution is 2.32. The molecule has 2 fully saturated rings. The number of carbonyl (C=O) groups excluding carboxylic acids is 2. The van der Waals surface area contributed by atoms with Gasteiger partial charge in [-0.1, -0.05) is 12.8 Å². The van der Waals surface area contributed by atoms with Crippen molar-refractivity contribution in [3.8, 4) is 0 Å². The molecule has 0 amide bonds. The van der Waals surface area contributed by atoms with Crippen LogP contribution in [0.25, 0.3) is 0 Å². The predicted molar refractivity (Wildman–Crippen MR) is 93.9 cm³/mol. The van der Waals surface area contributed by atoms with E-state index in [0.29, 0.717) is 25.7 Å². The number of ether oxygens (including phenoxy) is 2. The van der Waals surface area contributed by atoms with E-state index in [2.05, 4.69) is 0 Å². The topological polar surface area (TPSA) is 145 Å². The van der Waals surface area contributed by atoms with E-state index in [4.69, 9.17) is 20.9 Å². The lowest BCUT2D eigenvalue weighted by Gasteiger charge is -2.37. The Morgan fingerprint density at radius 2 is 1.04 bits per heavy atom. The van der Waals surface area contributed by atoms with Gasteiger partial charge in [-0.05, 0) is 51.4 Å². The van der Waals surface area contributed by atoms with E-state index in [0.717, 1.165) is 38.5 Å². The smallest absolute Gasteiger partial charge is 0.338 e. The number of carbonyl (C=O) groups is 2. The molecule has 0 spiro atoms. The summed E-state index contributed by atoms with van der Waals surface area (Å²) in [4.78, 5) is 24.5. The Balaban J connectivity index is 1.95. The van der Waals surface area contributed by atoms with E-state index in [1.165, 1.54) is 0 Å². The molecule has 6 N–H and O–H groups in total. The average molecular weight is 372 g/mol. The van der Waals surface area contributed by atoms with Gasteiger partial charge in [-0.3, -0.25) is 0 Å². The number of hydrogen-bond acceptors (Lipinski definition) is 8. The number of hydrogen-bond donors (Lipinski definition) is 4. The quantitative estimate of drug-likeness (QED) is 0.461. The van der Waals surface area contributed by atoms with Gasteiger partial charge < -0.3 is 31.2 Å². The third-order valence-electron chi connectivity index (χ3n) is 5.69. The van der Waals surface area contributed by atoms with Gasteiger partial charge in [-0.25, -0.2) is 9.59 Å². The van der Waals surface area contributed by atoms with Gasteiger partial charge in [0.2, 0.25) is 0 Å². The summed E-state index contributed by atoms with van der Waals surface area (Å²) >= 11 is 0. The van der Waals surface area contributed by atoms with E-state index < -0.39 is 35.3 Å². The van der Waals surface area contributed by atoms with E-state index in [1.54, 1.807) is 0 Å². The van der Waals surface area contributed by atoms with E-state index in [-0.39, 0.29) is 13.1 Å². The number of rotatable bonds is 7. The minimum absolute atomic E-state index is 0.141. The monoisotopic (exact) mass is 372 g/mol. The van der Waals surface area contributed by atoms with Gasteiger partial charge in [0.1, 0.15) is 11.2 Å². The van der Waals surface area contributed by atoms with Crippen molar-refractivity contribution in [2.24, 2.45) is 11.5 Å². The Labute approximate surface area is 154 Å². The highest BCUT2D eigenvalue weighted by Gasteiger charge is 2.42. The molecule has 150 valence electrons. The van der Waals surface area contributed by atoms with Crippen molar-refractivity contribution in [2.45, 2.75) is 87.6 Å². The maximum absolute atomic E-state index is 12.2. The molecule has 0 aromatic heterocycles. The van der Waals surface area contributed by atoms with Gasteiger partial charge >= 0.3 is 11.9 Å². The number of nitrogens with two attached hydrogens (primary N) is 2. The van der Waals surface area contributed by atoms with Crippen LogP contribution in [-0.4, -0.2) is 58.7 Å². The van der Waals surface area contributed by atoms with Crippen molar-refractivity contribution >= 4 is 11.9 Å². The van der Waals surface area contributed by atoms with Crippen LogP contribution >= 0.6 is 0 Å². The van der Waals surface area contributed by atoms with Crippen LogP contribution in [0.3, 0.4) is 0 Å². The molecule has 0 saturated heterocycles. The summed E-state index contributed by atoms with van der Waals surface area (Å²) in [5.41, 5.74) is 9.85. The lowest BCUT2D eigenvalue weighted by atomic mass is 9.84. The zero-order valence-corrected chi connectivity index (χ0v) is 15.3. The first-order chi connectivity index (χ1) is 12.4. The molecular weight excluding hydrogens is 340 g/mol. The first kappa shape index (κ1) is 21.1. The fraction of sp³-hybridized carbons (Fsp3) is 0.889. The largest absolute Gasteiger partial charge is 0.456 e. The van der Waals surface area contributed by atoms with Crippen LogP contribution in [-0.2, 0) is 19.1 Å². The van der Waals surface area contributed by atoms with Crippen LogP contribution in [0.1, 0.15) is 64.2 Å². The van der Waals surface area contributed by atoms with Crippen LogP contribution in [0.5, 0.6) is 0 Å². The zero-order chi connectivity index (χ0) is 19.2. The Morgan fingerprint density at radius 3 is 1.31 bits per heavy atom. The highest BCUT2D eigenvalue weighted by molar-refractivity contribution is 5.85. The second-order valence-electron chi connectivity index (χ2n) is 7.63. The molecule has 2 saturated carbocycles. The van der Waals surface area contributed by atoms with Crippen molar-refractivity contribution in [1.82, 2.24) is 0 Å². The molecule has 2 rings (SSSR count). The number of aliphatic hydroxyl groups excluding tert-OH is 2. The van der Waals surface area contributed by atoms with Crippen LogP contribution < -0.4 is 11.5 Å². The normalized spacial score (nSPS) is 24.3. The standard InChI is InChI=1S/C18H32N2O6/c19-11-17(7-3-1-4-8-17)25-15(23)13(21)14(22)16(24)26-18(12-20)9-5-2-6-10-18/h13-14,21-22H,1-12,19-20H2. The SMILES string of the molecule is NCC1(OC(=O)C(O)C(O)C(=O)OC2(CN)CCCCC2)CCCCC1. The molecule has 0 aromatic carbocycles. The molecule has 0 bridgehead atoms. The molecule has 2 unspecified atom stereocenters. The Hall–Kier alpha value is -1.22. The summed E-state index contributed by atoms with van der Waals surface area (Å²) < 4.78 is 10.8. The summed E-state index contributed by atoms with van der Waals surface area (Å²) in [5, 5.41) is 20.2. The van der Waals surface area contributed by atoms with Crippen LogP contribution in [0.15, 0.2) is 0 Å². The maximum atomic E-state index is 12.2. The fourth-order valence-electron chi connectivity index (χ4n) is 3.89. The van der Waals surface area contributed by atoms with Crippen LogP contribution in [0.4, 0.5) is 0 Å². The first-order valence-corrected chi connectivity index (χ1v) is 9.59. The molecule has 2 atom stereocenters. The molecular formula is C18H32N2O6. The van der Waals surface area contributed by atoms with Crippen LogP contribution in [0, 0.1) is 0 Å². The number of aliphatic hydroxyl groups is 2. The van der Waals surface area contributed by atoms with E-state index in [1.807, 2.05) is 0 Å². The average Bonchev–Trinajstić information content (AvgIpc) is 2.68. The Bertz CT molecular complexity index is 442. The second-order valence-corrected chi connectivity index (χ2v) is 7.63. The van der Waals surface area contributed by atoms with Gasteiger partial charge in [-0.2, -0.15) is 0 Å². The van der Waals surface area contributed by atoms with Crippen molar-refractivity contribution in [2.75, 3.05) is 13.1 Å². The van der Waals surface area contributed by atoms with Crippen molar-refractivity contribution in [1.29, 1.82) is 0 Å². The molecule has 8 nitrogen and oxygen atoms in total. The van der Waals surface area contributed by atoms with E-state index in [9.17, 15) is 19.8 Å². The number of esters is 2. The van der Waals surface area contributed by atoms with Crippen molar-refractivity contribution in [3.05, 3.63) is 0 Å². The molecule has 2 aliphatic rings. The summed E-state index contributed by atoms with van der Waals surface area (Å²) in [7, 11) is 0. The Morgan fingerprint density at radius 1 is 0.731 bits per heavy atom.